The molecule has 1 aliphatic rings. The third-order valence-corrected chi connectivity index (χ3v) is 5.00. The van der Waals surface area contributed by atoms with E-state index in [9.17, 15) is 9.90 Å². The summed E-state index contributed by atoms with van der Waals surface area (Å²) >= 11 is 1.74. The molecule has 2 rings (SSSR count). The molecule has 0 radical (unpaired) electrons. The number of carbonyl (C=O) groups is 1. The van der Waals surface area contributed by atoms with Crippen molar-refractivity contribution in [3.05, 3.63) is 22.4 Å². The molecule has 1 aromatic heterocycles. The lowest BCUT2D eigenvalue weighted by atomic mass is 10.1. The van der Waals surface area contributed by atoms with Gasteiger partial charge in [0.15, 0.2) is 0 Å². The second-order valence-electron chi connectivity index (χ2n) is 5.38. The van der Waals surface area contributed by atoms with Crippen LogP contribution in [0.25, 0.3) is 0 Å². The van der Waals surface area contributed by atoms with Crippen molar-refractivity contribution in [1.29, 1.82) is 0 Å². The van der Waals surface area contributed by atoms with E-state index in [0.29, 0.717) is 6.42 Å². The quantitative estimate of drug-likeness (QED) is 0.833. The molecule has 0 saturated carbocycles. The first-order valence-electron chi connectivity index (χ1n) is 7.41. The van der Waals surface area contributed by atoms with Crippen molar-refractivity contribution in [2.75, 3.05) is 39.9 Å². The highest BCUT2D eigenvalue weighted by molar-refractivity contribution is 7.10. The maximum atomic E-state index is 11.3. The van der Waals surface area contributed by atoms with E-state index in [4.69, 9.17) is 4.74 Å². The summed E-state index contributed by atoms with van der Waals surface area (Å²) in [7, 11) is 1.91. The lowest BCUT2D eigenvalue weighted by molar-refractivity contribution is -0.143. The smallest absolute Gasteiger partial charge is 0.320 e. The highest BCUT2D eigenvalue weighted by Gasteiger charge is 2.28. The normalized spacial score (nSPS) is 19.6. The molecule has 0 aromatic carbocycles. The Hall–Kier alpha value is -0.950. The zero-order valence-corrected chi connectivity index (χ0v) is 13.5. The van der Waals surface area contributed by atoms with Crippen LogP contribution < -0.4 is 0 Å². The van der Waals surface area contributed by atoms with Crippen molar-refractivity contribution < 1.29 is 14.6 Å². The summed E-state index contributed by atoms with van der Waals surface area (Å²) in [5.41, 5.74) is 0. The van der Waals surface area contributed by atoms with E-state index < -0.39 is 12.0 Å². The minimum Gasteiger partial charge on any atom is -0.480 e. The van der Waals surface area contributed by atoms with Gasteiger partial charge in [0, 0.05) is 24.5 Å². The minimum absolute atomic E-state index is 0.243. The van der Waals surface area contributed by atoms with Gasteiger partial charge in [-0.05, 0) is 24.9 Å². The summed E-state index contributed by atoms with van der Waals surface area (Å²) in [5, 5.41) is 11.4. The van der Waals surface area contributed by atoms with Crippen LogP contribution in [0.1, 0.15) is 24.3 Å². The third-order valence-electron chi connectivity index (χ3n) is 4.02. The molecule has 2 atom stereocenters. The van der Waals surface area contributed by atoms with Crippen molar-refractivity contribution in [1.82, 2.24) is 9.80 Å². The Kier molecular flexibility index (Phi) is 6.17. The number of hydrogen-bond donors (Lipinski definition) is 1. The van der Waals surface area contributed by atoms with Crippen LogP contribution in [0.2, 0.25) is 0 Å². The van der Waals surface area contributed by atoms with Gasteiger partial charge in [0.25, 0.3) is 0 Å². The van der Waals surface area contributed by atoms with Crippen LogP contribution >= 0.6 is 11.3 Å². The standard InChI is InChI=1S/C15H24N2O3S/c1-3-12(15(18)19)16(2)11-13(14-5-4-10-21-14)17-6-8-20-9-7-17/h4-5,10,12-13H,3,6-9,11H2,1-2H3,(H,18,19). The first-order chi connectivity index (χ1) is 10.1. The maximum absolute atomic E-state index is 11.3. The van der Waals surface area contributed by atoms with Gasteiger partial charge >= 0.3 is 5.97 Å². The molecule has 5 nitrogen and oxygen atoms in total. The fourth-order valence-corrected chi connectivity index (χ4v) is 3.68. The lowest BCUT2D eigenvalue weighted by Gasteiger charge is -2.37. The molecule has 2 unspecified atom stereocenters. The van der Waals surface area contributed by atoms with Crippen LogP contribution in [0.15, 0.2) is 17.5 Å². The van der Waals surface area contributed by atoms with Gasteiger partial charge in [0.2, 0.25) is 0 Å². The first-order valence-corrected chi connectivity index (χ1v) is 8.29. The van der Waals surface area contributed by atoms with E-state index in [2.05, 4.69) is 22.4 Å². The summed E-state index contributed by atoms with van der Waals surface area (Å²) in [5.74, 6) is -0.744. The van der Waals surface area contributed by atoms with Crippen LogP contribution in [0, 0.1) is 0 Å². The van der Waals surface area contributed by atoms with Crippen molar-refractivity contribution in [2.24, 2.45) is 0 Å². The van der Waals surface area contributed by atoms with Crippen LogP contribution in [0.4, 0.5) is 0 Å². The number of carboxylic acid groups (broad SMARTS) is 1. The van der Waals surface area contributed by atoms with Gasteiger partial charge in [0.05, 0.1) is 19.3 Å². The summed E-state index contributed by atoms with van der Waals surface area (Å²) < 4.78 is 5.43. The molecule has 21 heavy (non-hydrogen) atoms. The van der Waals surface area contributed by atoms with Gasteiger partial charge < -0.3 is 9.84 Å². The molecule has 1 fully saturated rings. The Morgan fingerprint density at radius 1 is 1.52 bits per heavy atom. The molecule has 2 heterocycles. The number of likely N-dealkylation sites (N-methyl/N-ethyl adjacent to an activating group) is 1. The topological polar surface area (TPSA) is 53.0 Å². The summed E-state index contributed by atoms with van der Waals surface area (Å²) in [6, 6.07) is 4.02. The van der Waals surface area contributed by atoms with Gasteiger partial charge in [-0.3, -0.25) is 14.6 Å². The van der Waals surface area contributed by atoms with E-state index >= 15 is 0 Å². The van der Waals surface area contributed by atoms with Crippen LogP contribution in [0.5, 0.6) is 0 Å². The number of aliphatic carboxylic acids is 1. The molecule has 1 aliphatic heterocycles. The Morgan fingerprint density at radius 2 is 2.24 bits per heavy atom. The fraction of sp³-hybridized carbons (Fsp3) is 0.667. The predicted octanol–water partition coefficient (Wildman–Crippen LogP) is 1.92. The zero-order chi connectivity index (χ0) is 15.2. The minimum atomic E-state index is -0.744. The van der Waals surface area contributed by atoms with Crippen molar-refractivity contribution >= 4 is 17.3 Å². The third kappa shape index (κ3) is 4.26. The van der Waals surface area contributed by atoms with Gasteiger partial charge in [0.1, 0.15) is 6.04 Å². The molecule has 1 saturated heterocycles. The first kappa shape index (κ1) is 16.4. The molecular formula is C15H24N2O3S. The molecule has 0 aliphatic carbocycles. The van der Waals surface area contributed by atoms with E-state index in [0.717, 1.165) is 32.8 Å². The Morgan fingerprint density at radius 3 is 2.76 bits per heavy atom. The average Bonchev–Trinajstić information content (AvgIpc) is 3.00. The van der Waals surface area contributed by atoms with Crippen LogP contribution in [-0.2, 0) is 9.53 Å². The number of rotatable bonds is 7. The molecule has 118 valence electrons. The Bertz CT molecular complexity index is 432. The van der Waals surface area contributed by atoms with Crippen LogP contribution in [-0.4, -0.2) is 66.8 Å². The number of morpholine rings is 1. The van der Waals surface area contributed by atoms with E-state index in [-0.39, 0.29) is 6.04 Å². The maximum Gasteiger partial charge on any atom is 0.320 e. The second kappa shape index (κ2) is 7.89. The molecule has 0 amide bonds. The van der Waals surface area contributed by atoms with Gasteiger partial charge in [-0.2, -0.15) is 0 Å². The monoisotopic (exact) mass is 312 g/mol. The molecule has 1 aromatic rings. The van der Waals surface area contributed by atoms with E-state index in [1.807, 2.05) is 18.9 Å². The molecule has 0 bridgehead atoms. The number of carboxylic acids is 1. The van der Waals surface area contributed by atoms with Gasteiger partial charge in [-0.15, -0.1) is 11.3 Å². The van der Waals surface area contributed by atoms with Crippen molar-refractivity contribution in [3.8, 4) is 0 Å². The molecule has 6 heteroatoms. The number of ether oxygens (including phenoxy) is 1. The average molecular weight is 312 g/mol. The Balaban J connectivity index is 2.10. The molecular weight excluding hydrogens is 288 g/mol. The number of thiophene rings is 1. The largest absolute Gasteiger partial charge is 0.480 e. The van der Waals surface area contributed by atoms with Crippen molar-refractivity contribution in [3.63, 3.8) is 0 Å². The summed E-state index contributed by atoms with van der Waals surface area (Å²) in [6.07, 6.45) is 0.617. The van der Waals surface area contributed by atoms with Crippen molar-refractivity contribution in [2.45, 2.75) is 25.4 Å². The summed E-state index contributed by atoms with van der Waals surface area (Å²) in [6.45, 7) is 5.96. The predicted molar refractivity (Wildman–Crippen MR) is 83.8 cm³/mol. The SMILES string of the molecule is CCC(C(=O)O)N(C)CC(c1cccs1)N1CCOCC1. The van der Waals surface area contributed by atoms with E-state index in [1.165, 1.54) is 4.88 Å². The highest BCUT2D eigenvalue weighted by atomic mass is 32.1. The van der Waals surface area contributed by atoms with E-state index in [1.54, 1.807) is 11.3 Å². The number of hydrogen-bond acceptors (Lipinski definition) is 5. The Labute approximate surface area is 130 Å². The van der Waals surface area contributed by atoms with Crippen LogP contribution in [0.3, 0.4) is 0 Å². The second-order valence-corrected chi connectivity index (χ2v) is 6.36. The lowest BCUT2D eigenvalue weighted by Crippen LogP contribution is -2.46. The molecule has 1 N–H and O–H groups in total. The summed E-state index contributed by atoms with van der Waals surface area (Å²) in [4.78, 5) is 17.0. The van der Waals surface area contributed by atoms with Gasteiger partial charge in [-0.25, -0.2) is 0 Å². The molecule has 0 spiro atoms. The number of nitrogens with zero attached hydrogens (tertiary/aromatic N) is 2. The van der Waals surface area contributed by atoms with Gasteiger partial charge in [-0.1, -0.05) is 13.0 Å². The highest BCUT2D eigenvalue weighted by Crippen LogP contribution is 2.27. The zero-order valence-electron chi connectivity index (χ0n) is 12.7. The fourth-order valence-electron chi connectivity index (χ4n) is 2.83.